The van der Waals surface area contributed by atoms with Crippen LogP contribution >= 0.6 is 0 Å². The van der Waals surface area contributed by atoms with Crippen molar-refractivity contribution in [2.75, 3.05) is 0 Å². The molecule has 0 aromatic carbocycles. The third kappa shape index (κ3) is 39.4. The van der Waals surface area contributed by atoms with Gasteiger partial charge in [0.05, 0.1) is 0 Å². The summed E-state index contributed by atoms with van der Waals surface area (Å²) in [6.07, 6.45) is 96.1. The summed E-state index contributed by atoms with van der Waals surface area (Å²) in [6.45, 7) is 21.2. The zero-order chi connectivity index (χ0) is 59.6. The summed E-state index contributed by atoms with van der Waals surface area (Å²) in [5.41, 5.74) is 9.22. The maximum Gasteiger partial charge on any atom is -0.00541 e. The molecule has 1 unspecified atom stereocenters. The third-order valence-electron chi connectivity index (χ3n) is 21.4. The summed E-state index contributed by atoms with van der Waals surface area (Å²) in [5.74, 6) is 0.958. The van der Waals surface area contributed by atoms with Gasteiger partial charge >= 0.3 is 0 Å². The lowest BCUT2D eigenvalue weighted by atomic mass is 9.64. The molecular formula is C82H160. The molecule has 0 bridgehead atoms. The van der Waals surface area contributed by atoms with Crippen LogP contribution in [-0.4, -0.2) is 0 Å². The van der Waals surface area contributed by atoms with Gasteiger partial charge in [0.1, 0.15) is 0 Å². The highest BCUT2D eigenvalue weighted by Crippen LogP contribution is 2.58. The van der Waals surface area contributed by atoms with Crippen molar-refractivity contribution in [2.24, 2.45) is 16.7 Å². The topological polar surface area (TPSA) is 0 Å². The average Bonchev–Trinajstić information content (AvgIpc) is 4.13. The van der Waals surface area contributed by atoms with E-state index in [0.29, 0.717) is 10.8 Å². The molecule has 0 N–H and O–H groups in total. The fourth-order valence-corrected chi connectivity index (χ4v) is 16.1. The molecule has 2 rings (SSSR count). The Hall–Kier alpha value is -0.520. The van der Waals surface area contributed by atoms with Crippen molar-refractivity contribution in [1.82, 2.24) is 0 Å². The molecule has 0 amide bonds. The summed E-state index contributed by atoms with van der Waals surface area (Å²) in [7, 11) is 0. The van der Waals surface area contributed by atoms with Crippen LogP contribution in [0.5, 0.6) is 0 Å². The van der Waals surface area contributed by atoms with Gasteiger partial charge in [0.15, 0.2) is 0 Å². The van der Waals surface area contributed by atoms with Gasteiger partial charge in [0, 0.05) is 0 Å². The van der Waals surface area contributed by atoms with Crippen LogP contribution in [0.1, 0.15) is 486 Å². The Morgan fingerprint density at radius 1 is 0.244 bits per heavy atom. The van der Waals surface area contributed by atoms with Crippen molar-refractivity contribution in [3.8, 4) is 0 Å². The highest BCUT2D eigenvalue weighted by atomic mass is 14.5. The fourth-order valence-electron chi connectivity index (χ4n) is 16.1. The van der Waals surface area contributed by atoms with Crippen molar-refractivity contribution < 1.29 is 0 Å². The van der Waals surface area contributed by atoms with E-state index in [0.717, 1.165) is 5.92 Å². The van der Waals surface area contributed by atoms with Gasteiger partial charge in [-0.05, 0) is 119 Å². The summed E-state index contributed by atoms with van der Waals surface area (Å²) in [4.78, 5) is 0. The largest absolute Gasteiger partial charge is 0.0704 e. The molecule has 0 nitrogen and oxygen atoms in total. The van der Waals surface area contributed by atoms with Gasteiger partial charge in [-0.15, -0.1) is 0 Å². The summed E-state index contributed by atoms with van der Waals surface area (Å²) in [5, 5.41) is 0. The van der Waals surface area contributed by atoms with E-state index in [1.54, 1.807) is 0 Å². The van der Waals surface area contributed by atoms with Crippen LogP contribution in [-0.2, 0) is 0 Å². The van der Waals surface area contributed by atoms with Crippen LogP contribution in [0.4, 0.5) is 0 Å². The Bertz CT molecular complexity index is 1330. The zero-order valence-electron chi connectivity index (χ0n) is 59.2. The Kier molecular flexibility index (Phi) is 57.6. The SMILES string of the molecule is CCCCCCCCC1=C(CCCCCCCC)C(CCCCCCCC)(CCCCCCCC)C(CCCCCCCC)C1.CCCCCCCCC1=C(CCCCCCCC)C(CCCCCCCC)(CCCCCCCC)CC1. The van der Waals surface area contributed by atoms with Crippen LogP contribution < -0.4 is 0 Å². The first-order valence-electron chi connectivity index (χ1n) is 39.9. The molecule has 2 aliphatic rings. The second kappa shape index (κ2) is 59.4. The highest BCUT2D eigenvalue weighted by Gasteiger charge is 2.46. The van der Waals surface area contributed by atoms with Gasteiger partial charge in [-0.1, -0.05) is 406 Å². The van der Waals surface area contributed by atoms with Gasteiger partial charge < -0.3 is 0 Å². The molecule has 0 saturated heterocycles. The number of rotatable bonds is 63. The number of hydrogen-bond acceptors (Lipinski definition) is 0. The lowest BCUT2D eigenvalue weighted by Crippen LogP contribution is -2.29. The van der Waals surface area contributed by atoms with E-state index in [1.165, 1.54) is 424 Å². The molecule has 0 aliphatic heterocycles. The molecule has 0 spiro atoms. The van der Waals surface area contributed by atoms with Crippen LogP contribution in [0.25, 0.3) is 0 Å². The quantitative estimate of drug-likeness (QED) is 0.0421. The summed E-state index contributed by atoms with van der Waals surface area (Å²) >= 11 is 0. The summed E-state index contributed by atoms with van der Waals surface area (Å²) < 4.78 is 0. The minimum atomic E-state index is 0.555. The first kappa shape index (κ1) is 79.5. The van der Waals surface area contributed by atoms with E-state index in [1.807, 2.05) is 16.7 Å². The molecule has 0 aromatic rings. The second-order valence-electron chi connectivity index (χ2n) is 28.7. The monoisotopic (exact) mass is 1150 g/mol. The Morgan fingerprint density at radius 2 is 0.500 bits per heavy atom. The highest BCUT2D eigenvalue weighted by molar-refractivity contribution is 5.31. The Labute approximate surface area is 522 Å². The lowest BCUT2D eigenvalue weighted by molar-refractivity contribution is 0.165. The summed E-state index contributed by atoms with van der Waals surface area (Å²) in [6, 6.07) is 0. The zero-order valence-corrected chi connectivity index (χ0v) is 59.2. The number of unbranched alkanes of at least 4 members (excludes halogenated alkanes) is 45. The molecule has 0 radical (unpaired) electrons. The predicted molar refractivity (Wildman–Crippen MR) is 378 cm³/mol. The van der Waals surface area contributed by atoms with Crippen LogP contribution in [0.15, 0.2) is 22.3 Å². The van der Waals surface area contributed by atoms with Gasteiger partial charge in [-0.25, -0.2) is 0 Å². The van der Waals surface area contributed by atoms with E-state index in [-0.39, 0.29) is 0 Å². The van der Waals surface area contributed by atoms with E-state index < -0.39 is 0 Å². The van der Waals surface area contributed by atoms with E-state index in [2.05, 4.69) is 67.9 Å². The van der Waals surface area contributed by atoms with Gasteiger partial charge in [0.25, 0.3) is 0 Å². The van der Waals surface area contributed by atoms with Gasteiger partial charge in [-0.2, -0.15) is 0 Å². The van der Waals surface area contributed by atoms with Crippen molar-refractivity contribution in [3.05, 3.63) is 22.3 Å². The second-order valence-corrected chi connectivity index (χ2v) is 28.7. The van der Waals surface area contributed by atoms with Crippen LogP contribution in [0.3, 0.4) is 0 Å². The van der Waals surface area contributed by atoms with Crippen molar-refractivity contribution in [2.45, 2.75) is 486 Å². The molecule has 488 valence electrons. The molecule has 2 aliphatic carbocycles. The molecule has 0 heterocycles. The minimum absolute atomic E-state index is 0.555. The fraction of sp³-hybridized carbons (Fsp3) is 0.951. The van der Waals surface area contributed by atoms with Crippen molar-refractivity contribution >= 4 is 0 Å². The maximum atomic E-state index is 2.37. The average molecular weight is 1150 g/mol. The van der Waals surface area contributed by atoms with E-state index in [4.69, 9.17) is 0 Å². The predicted octanol–water partition coefficient (Wildman–Crippen LogP) is 31.1. The molecular weight excluding hydrogens is 985 g/mol. The number of allylic oxidation sites excluding steroid dienone is 4. The normalized spacial score (nSPS) is 15.8. The first-order valence-corrected chi connectivity index (χ1v) is 39.9. The molecule has 0 fully saturated rings. The van der Waals surface area contributed by atoms with E-state index in [9.17, 15) is 0 Å². The molecule has 82 heavy (non-hydrogen) atoms. The smallest absolute Gasteiger partial charge is 0.00541 e. The molecule has 1 atom stereocenters. The first-order chi connectivity index (χ1) is 40.4. The number of hydrogen-bond donors (Lipinski definition) is 0. The van der Waals surface area contributed by atoms with Crippen molar-refractivity contribution in [3.63, 3.8) is 0 Å². The van der Waals surface area contributed by atoms with E-state index >= 15 is 0 Å². The van der Waals surface area contributed by atoms with Crippen LogP contribution in [0.2, 0.25) is 0 Å². The van der Waals surface area contributed by atoms with Crippen molar-refractivity contribution in [1.29, 1.82) is 0 Å². The third-order valence-corrected chi connectivity index (χ3v) is 21.4. The van der Waals surface area contributed by atoms with Gasteiger partial charge in [-0.3, -0.25) is 0 Å². The Morgan fingerprint density at radius 3 is 0.841 bits per heavy atom. The standard InChI is InChI=1S/C45H88.C37H72/c1-6-11-16-21-26-31-36-42-41-43(37-32-27-22-17-12-7-2)45(39-34-29-24-19-14-9-4,40-35-30-25-20-15-10-5)44(42)38-33-28-23-18-13-8-3;1-5-9-13-17-21-25-29-35-31-34-37(32-27-23-19-15-11-7-3,33-28-24-20-16-12-8-4)36(35)30-26-22-18-14-10-6-2/h43H,6-41H2,1-5H3;5-34H2,1-4H3. The maximum absolute atomic E-state index is 2.37. The Balaban J connectivity index is 0.000000836. The van der Waals surface area contributed by atoms with Gasteiger partial charge in [0.2, 0.25) is 0 Å². The van der Waals surface area contributed by atoms with Crippen LogP contribution in [0, 0.1) is 16.7 Å². The lowest BCUT2D eigenvalue weighted by Gasteiger charge is -2.40. The molecule has 0 aromatic heterocycles. The molecule has 0 heteroatoms. The molecule has 0 saturated carbocycles. The minimum Gasteiger partial charge on any atom is -0.0704 e.